The molecule has 244 valence electrons. The van der Waals surface area contributed by atoms with Gasteiger partial charge in [0.05, 0.1) is 41.4 Å². The first-order chi connectivity index (χ1) is 21.0. The lowest BCUT2D eigenvalue weighted by Gasteiger charge is -2.27. The largest absolute Gasteiger partial charge is 0.481 e. The van der Waals surface area contributed by atoms with Crippen LogP contribution in [0.3, 0.4) is 0 Å². The minimum Gasteiger partial charge on any atom is -0.481 e. The van der Waals surface area contributed by atoms with E-state index in [0.29, 0.717) is 41.7 Å². The van der Waals surface area contributed by atoms with Gasteiger partial charge in [0.1, 0.15) is 12.7 Å². The summed E-state index contributed by atoms with van der Waals surface area (Å²) in [6.07, 6.45) is -1.28. The Morgan fingerprint density at radius 2 is 1.78 bits per heavy atom. The molecule has 14 nitrogen and oxygen atoms in total. The van der Waals surface area contributed by atoms with Gasteiger partial charge in [-0.05, 0) is 49.2 Å². The van der Waals surface area contributed by atoms with Crippen LogP contribution in [0.15, 0.2) is 36.4 Å². The maximum atomic E-state index is 13.3. The Labute approximate surface area is 269 Å². The SMILES string of the molecule is C.N[C@@H](CC(=O)O)C(=O)NCCCCC(=O)N(C[C@H]1CN(c2ccc(N3CCOCC3=O)cc2)C(=O)O1)C(=O)c1ccc(Cl)s1. The molecular weight excluding hydrogens is 630 g/mol. The standard InChI is InChI=1S/C28H32ClN5O9S.CH4/c29-22-9-8-21(44-22)27(40)34(23(35)3-1-2-10-31-26(39)20(30)13-25(37)38)15-19-14-33(28(41)43-19)18-6-4-17(5-7-18)32-11-12-42-16-24(32)36;/h4-9,19-20H,1-3,10-16,30H2,(H,31,39)(H,37,38);1H4/t19-,20+;/m1./s1. The number of cyclic esters (lactones) is 1. The maximum Gasteiger partial charge on any atom is 0.414 e. The first-order valence-electron chi connectivity index (χ1n) is 13.8. The fourth-order valence-corrected chi connectivity index (χ4v) is 5.65. The lowest BCUT2D eigenvalue weighted by molar-refractivity contribution is -0.139. The number of hydrogen-bond donors (Lipinski definition) is 3. The highest BCUT2D eigenvalue weighted by Gasteiger charge is 2.36. The molecule has 0 unspecified atom stereocenters. The molecule has 1 aromatic carbocycles. The first-order valence-corrected chi connectivity index (χ1v) is 15.0. The molecule has 2 atom stereocenters. The number of amides is 5. The molecule has 1 aromatic heterocycles. The second kappa shape index (κ2) is 16.3. The number of nitrogens with two attached hydrogens (primary N) is 1. The van der Waals surface area contributed by atoms with Crippen molar-refractivity contribution in [3.05, 3.63) is 45.6 Å². The molecule has 4 N–H and O–H groups in total. The highest BCUT2D eigenvalue weighted by molar-refractivity contribution is 7.18. The van der Waals surface area contributed by atoms with Crippen molar-refractivity contribution < 1.29 is 43.3 Å². The zero-order valence-electron chi connectivity index (χ0n) is 23.6. The summed E-state index contributed by atoms with van der Waals surface area (Å²) >= 11 is 7.03. The Bertz CT molecular complexity index is 1400. The van der Waals surface area contributed by atoms with Crippen LogP contribution in [0.25, 0.3) is 0 Å². The van der Waals surface area contributed by atoms with Crippen LogP contribution >= 0.6 is 22.9 Å². The van der Waals surface area contributed by atoms with Crippen LogP contribution in [0.2, 0.25) is 4.34 Å². The molecule has 2 fully saturated rings. The number of benzene rings is 1. The second-order valence-corrected chi connectivity index (χ2v) is 11.8. The van der Waals surface area contributed by atoms with Gasteiger partial charge in [0.15, 0.2) is 0 Å². The van der Waals surface area contributed by atoms with Gasteiger partial charge in [-0.25, -0.2) is 4.79 Å². The van der Waals surface area contributed by atoms with Crippen molar-refractivity contribution in [2.24, 2.45) is 5.73 Å². The number of rotatable bonds is 13. The number of nitrogens with one attached hydrogen (secondary N) is 1. The number of carbonyl (C=O) groups excluding carboxylic acids is 5. The van der Waals surface area contributed by atoms with Gasteiger partial charge < -0.3 is 30.5 Å². The highest BCUT2D eigenvalue weighted by atomic mass is 35.5. The van der Waals surface area contributed by atoms with Gasteiger partial charge in [-0.2, -0.15) is 0 Å². The van der Waals surface area contributed by atoms with E-state index in [1.54, 1.807) is 35.2 Å². The number of carboxylic acid groups (broad SMARTS) is 1. The van der Waals surface area contributed by atoms with Crippen molar-refractivity contribution in [1.82, 2.24) is 10.2 Å². The monoisotopic (exact) mass is 665 g/mol. The summed E-state index contributed by atoms with van der Waals surface area (Å²) in [5, 5.41) is 11.3. The van der Waals surface area contributed by atoms with Crippen molar-refractivity contribution >= 4 is 70.0 Å². The Kier molecular flexibility index (Phi) is 12.8. The van der Waals surface area contributed by atoms with Crippen LogP contribution in [0.4, 0.5) is 16.2 Å². The van der Waals surface area contributed by atoms with E-state index in [-0.39, 0.29) is 50.9 Å². The summed E-state index contributed by atoms with van der Waals surface area (Å²) in [5.74, 6) is -3.03. The lowest BCUT2D eigenvalue weighted by Crippen LogP contribution is -2.43. The van der Waals surface area contributed by atoms with E-state index in [9.17, 15) is 28.8 Å². The van der Waals surface area contributed by atoms with Crippen molar-refractivity contribution in [3.8, 4) is 0 Å². The van der Waals surface area contributed by atoms with E-state index in [1.807, 2.05) is 0 Å². The van der Waals surface area contributed by atoms with E-state index in [1.165, 1.54) is 11.0 Å². The van der Waals surface area contributed by atoms with Gasteiger partial charge in [-0.1, -0.05) is 19.0 Å². The molecular formula is C29H36ClN5O9S. The summed E-state index contributed by atoms with van der Waals surface area (Å²) < 4.78 is 11.1. The van der Waals surface area contributed by atoms with E-state index in [0.717, 1.165) is 16.2 Å². The number of halogens is 1. The van der Waals surface area contributed by atoms with Crippen LogP contribution in [-0.2, 0) is 28.7 Å². The van der Waals surface area contributed by atoms with Crippen molar-refractivity contribution in [2.45, 2.75) is 45.3 Å². The summed E-state index contributed by atoms with van der Waals surface area (Å²) in [4.78, 5) is 78.3. The predicted molar refractivity (Wildman–Crippen MR) is 166 cm³/mol. The number of carbonyl (C=O) groups is 6. The van der Waals surface area contributed by atoms with Crippen molar-refractivity contribution in [3.63, 3.8) is 0 Å². The number of imide groups is 1. The molecule has 0 saturated carbocycles. The Morgan fingerprint density at radius 1 is 1.09 bits per heavy atom. The molecule has 4 rings (SSSR count). The lowest BCUT2D eigenvalue weighted by atomic mass is 10.1. The van der Waals surface area contributed by atoms with Crippen LogP contribution in [0, 0.1) is 0 Å². The Morgan fingerprint density at radius 3 is 2.40 bits per heavy atom. The quantitative estimate of drug-likeness (QED) is 0.268. The van der Waals surface area contributed by atoms with Gasteiger partial charge in [-0.15, -0.1) is 11.3 Å². The molecule has 5 amide bonds. The first kappa shape index (κ1) is 35.4. The van der Waals surface area contributed by atoms with Crippen molar-refractivity contribution in [1.29, 1.82) is 0 Å². The maximum absolute atomic E-state index is 13.3. The molecule has 2 aromatic rings. The number of hydrogen-bond acceptors (Lipinski definition) is 10. The highest BCUT2D eigenvalue weighted by Crippen LogP contribution is 2.27. The molecule has 0 radical (unpaired) electrons. The van der Waals surface area contributed by atoms with Crippen LogP contribution in [0.5, 0.6) is 0 Å². The fraction of sp³-hybridized carbons (Fsp3) is 0.448. The summed E-state index contributed by atoms with van der Waals surface area (Å²) in [6, 6.07) is 8.71. The number of carboxylic acids is 1. The van der Waals surface area contributed by atoms with E-state index in [4.69, 9.17) is 31.9 Å². The van der Waals surface area contributed by atoms with Gasteiger partial charge >= 0.3 is 12.1 Å². The molecule has 16 heteroatoms. The van der Waals surface area contributed by atoms with Crippen LogP contribution < -0.4 is 20.9 Å². The third kappa shape index (κ3) is 9.47. The van der Waals surface area contributed by atoms with Crippen LogP contribution in [0.1, 0.15) is 42.8 Å². The summed E-state index contributed by atoms with van der Waals surface area (Å²) in [7, 11) is 0. The van der Waals surface area contributed by atoms with Gasteiger partial charge in [0.25, 0.3) is 11.8 Å². The normalized spacial score (nSPS) is 16.9. The zero-order valence-corrected chi connectivity index (χ0v) is 25.2. The number of thiophene rings is 1. The molecule has 0 bridgehead atoms. The van der Waals surface area contributed by atoms with E-state index in [2.05, 4.69) is 5.32 Å². The van der Waals surface area contributed by atoms with Crippen molar-refractivity contribution in [2.75, 3.05) is 49.2 Å². The van der Waals surface area contributed by atoms with Crippen LogP contribution in [-0.4, -0.2) is 97.2 Å². The molecule has 45 heavy (non-hydrogen) atoms. The predicted octanol–water partition coefficient (Wildman–Crippen LogP) is 2.48. The molecule has 3 heterocycles. The molecule has 0 aliphatic carbocycles. The third-order valence-corrected chi connectivity index (χ3v) is 8.12. The number of morpholine rings is 1. The van der Waals surface area contributed by atoms with Gasteiger partial charge in [-0.3, -0.25) is 33.8 Å². The van der Waals surface area contributed by atoms with E-state index >= 15 is 0 Å². The minimum absolute atomic E-state index is 0. The number of nitrogens with zero attached hydrogens (tertiary/aromatic N) is 3. The average Bonchev–Trinajstić information content (AvgIpc) is 3.60. The Balaban J connectivity index is 0.00000552. The summed E-state index contributed by atoms with van der Waals surface area (Å²) in [6.45, 7) is 0.930. The molecule has 2 aliphatic rings. The number of ether oxygens (including phenoxy) is 2. The molecule has 0 spiro atoms. The topological polar surface area (TPSA) is 189 Å². The second-order valence-electron chi connectivity index (χ2n) is 10.1. The molecule has 2 saturated heterocycles. The number of unbranched alkanes of at least 4 members (excludes halogenated alkanes) is 1. The Hall–Kier alpha value is -4.05. The average molecular weight is 666 g/mol. The minimum atomic E-state index is -1.19. The third-order valence-electron chi connectivity index (χ3n) is 6.90. The fourth-order valence-electron chi connectivity index (χ4n) is 4.65. The summed E-state index contributed by atoms with van der Waals surface area (Å²) in [5.41, 5.74) is 6.73. The molecule has 2 aliphatic heterocycles. The van der Waals surface area contributed by atoms with E-state index < -0.39 is 48.4 Å². The number of aliphatic carboxylic acids is 1. The zero-order chi connectivity index (χ0) is 31.8. The van der Waals surface area contributed by atoms with Gasteiger partial charge in [0, 0.05) is 30.9 Å². The number of anilines is 2. The van der Waals surface area contributed by atoms with Gasteiger partial charge in [0.2, 0.25) is 11.8 Å². The smallest absolute Gasteiger partial charge is 0.414 e.